The summed E-state index contributed by atoms with van der Waals surface area (Å²) in [4.78, 5) is 40.5. The van der Waals surface area contributed by atoms with Crippen molar-refractivity contribution in [3.05, 3.63) is 47.2 Å². The molecule has 1 spiro atoms. The number of hydrogen-bond donors (Lipinski definition) is 2. The molecule has 2 bridgehead atoms. The molecule has 10 heteroatoms. The molecule has 0 aromatic heterocycles. The summed E-state index contributed by atoms with van der Waals surface area (Å²) in [6.07, 6.45) is 19.7. The summed E-state index contributed by atoms with van der Waals surface area (Å²) in [5.41, 5.74) is -0.295. The lowest BCUT2D eigenvalue weighted by Gasteiger charge is -2.61. The molecule has 0 radical (unpaired) electrons. The predicted molar refractivity (Wildman–Crippen MR) is 193 cm³/mol. The Morgan fingerprint density at radius 2 is 1.59 bits per heavy atom. The smallest absolute Gasteiger partial charge is 0.352 e. The molecule has 2 heterocycles. The van der Waals surface area contributed by atoms with E-state index in [0.29, 0.717) is 31.6 Å². The number of allylic oxidation sites excluding steroid dienone is 2. The number of likely N-dealkylation sites (N-methyl/N-ethyl adjacent to an activating group) is 1. The van der Waals surface area contributed by atoms with E-state index in [1.54, 1.807) is 12.1 Å². The number of likely N-dealkylation sites (tertiary alicyclic amines) is 1. The number of rotatable bonds is 20. The van der Waals surface area contributed by atoms with E-state index in [2.05, 4.69) is 24.0 Å². The van der Waals surface area contributed by atoms with Crippen LogP contribution in [-0.2, 0) is 40.4 Å². The molecule has 51 heavy (non-hydrogen) atoms. The van der Waals surface area contributed by atoms with Gasteiger partial charge >= 0.3 is 17.9 Å². The van der Waals surface area contributed by atoms with Gasteiger partial charge in [-0.2, -0.15) is 0 Å². The van der Waals surface area contributed by atoms with Gasteiger partial charge < -0.3 is 34.1 Å². The number of benzene rings is 1. The summed E-state index contributed by atoms with van der Waals surface area (Å²) < 4.78 is 22.8. The van der Waals surface area contributed by atoms with Crippen molar-refractivity contribution in [1.29, 1.82) is 0 Å². The first kappa shape index (κ1) is 38.9. The van der Waals surface area contributed by atoms with Crippen LogP contribution in [0.5, 0.6) is 11.5 Å². The van der Waals surface area contributed by atoms with Crippen LogP contribution in [0.1, 0.15) is 135 Å². The molecular weight excluding hydrogens is 650 g/mol. The molecular formula is C41H59NO9. The number of ether oxygens (including phenoxy) is 4. The monoisotopic (exact) mass is 709 g/mol. The van der Waals surface area contributed by atoms with E-state index >= 15 is 0 Å². The summed E-state index contributed by atoms with van der Waals surface area (Å²) >= 11 is 0. The second-order valence-electron chi connectivity index (χ2n) is 15.1. The Morgan fingerprint density at radius 3 is 2.29 bits per heavy atom. The highest BCUT2D eigenvalue weighted by molar-refractivity contribution is 5.83. The first-order chi connectivity index (χ1) is 24.5. The van der Waals surface area contributed by atoms with Crippen LogP contribution in [0.3, 0.4) is 0 Å². The minimum atomic E-state index is -1.28. The number of carbonyl (C=O) groups is 3. The van der Waals surface area contributed by atoms with Crippen molar-refractivity contribution in [2.24, 2.45) is 0 Å². The number of phenols is 1. The summed E-state index contributed by atoms with van der Waals surface area (Å²) in [5, 5.41) is 23.0. The molecule has 282 valence electrons. The number of aromatic hydroxyl groups is 1. The second-order valence-corrected chi connectivity index (χ2v) is 15.1. The lowest BCUT2D eigenvalue weighted by Crippen LogP contribution is -2.74. The summed E-state index contributed by atoms with van der Waals surface area (Å²) in [5.74, 6) is -1.61. The molecule has 2 N–H and O–H groups in total. The third-order valence-corrected chi connectivity index (χ3v) is 11.5. The number of phenolic OH excluding ortho intramolecular Hbond substituents is 1. The maximum Gasteiger partial charge on any atom is 0.352 e. The third-order valence-electron chi connectivity index (χ3n) is 11.5. The van der Waals surface area contributed by atoms with Crippen molar-refractivity contribution in [2.45, 2.75) is 165 Å². The first-order valence-corrected chi connectivity index (χ1v) is 19.4. The number of piperidine rings is 1. The summed E-state index contributed by atoms with van der Waals surface area (Å²) in [6.45, 7) is 5.77. The topological polar surface area (TPSA) is 132 Å². The van der Waals surface area contributed by atoms with Gasteiger partial charge in [-0.1, -0.05) is 76.5 Å². The van der Waals surface area contributed by atoms with Gasteiger partial charge in [-0.15, -0.1) is 0 Å². The Balaban J connectivity index is 1.01. The van der Waals surface area contributed by atoms with E-state index in [9.17, 15) is 24.6 Å². The minimum absolute atomic E-state index is 0.0222. The highest BCUT2D eigenvalue weighted by Crippen LogP contribution is 2.65. The molecule has 4 aliphatic rings. The van der Waals surface area contributed by atoms with Gasteiger partial charge in [0.1, 0.15) is 5.76 Å². The number of hydrogen-bond acceptors (Lipinski definition) is 10. The standard InChI is InChI=1S/C41H59NO9/c1-5-6-7-8-9-10-11-12-13-14-15-16-17-18-19-20-34(44)48-28(2)38(45)49-29(3)39(46)50-32-23-24-41(47)33-27-30-21-22-31(43)36-35(30)40(41,37(32)51-36)25-26-42(33)4/h12-13,21-23,28-29,33,37,43,47H,5-11,14-20,24-27H2,1-4H3/b13-12-/t28-,29-,33-,37-,40-,41+/m0/s1. The van der Waals surface area contributed by atoms with Crippen LogP contribution in [0.2, 0.25) is 0 Å². The van der Waals surface area contributed by atoms with E-state index in [4.69, 9.17) is 18.9 Å². The first-order valence-electron chi connectivity index (χ1n) is 19.4. The highest BCUT2D eigenvalue weighted by Gasteiger charge is 2.72. The third kappa shape index (κ3) is 8.32. The average Bonchev–Trinajstić information content (AvgIpc) is 3.46. The molecule has 0 saturated carbocycles. The van der Waals surface area contributed by atoms with E-state index in [0.717, 1.165) is 43.2 Å². The van der Waals surface area contributed by atoms with Crippen LogP contribution >= 0.6 is 0 Å². The van der Waals surface area contributed by atoms with Crippen LogP contribution in [0.15, 0.2) is 36.1 Å². The second kappa shape index (κ2) is 17.4. The van der Waals surface area contributed by atoms with Crippen LogP contribution in [0.25, 0.3) is 0 Å². The summed E-state index contributed by atoms with van der Waals surface area (Å²) in [7, 11) is 2.00. The minimum Gasteiger partial charge on any atom is -0.504 e. The van der Waals surface area contributed by atoms with Gasteiger partial charge in [0.2, 0.25) is 0 Å². The molecule has 10 nitrogen and oxygen atoms in total. The molecule has 2 aliphatic heterocycles. The van der Waals surface area contributed by atoms with E-state index in [1.807, 2.05) is 13.1 Å². The average molecular weight is 710 g/mol. The van der Waals surface area contributed by atoms with Crippen LogP contribution in [0.4, 0.5) is 0 Å². The zero-order valence-corrected chi connectivity index (χ0v) is 31.1. The molecule has 6 atom stereocenters. The molecule has 0 amide bonds. The van der Waals surface area contributed by atoms with Crippen molar-refractivity contribution in [2.75, 3.05) is 13.6 Å². The molecule has 1 fully saturated rings. The quantitative estimate of drug-likeness (QED) is 0.0625. The van der Waals surface area contributed by atoms with Gasteiger partial charge in [0.25, 0.3) is 0 Å². The lowest BCUT2D eigenvalue weighted by atomic mass is 9.50. The van der Waals surface area contributed by atoms with Gasteiger partial charge in [-0.25, -0.2) is 9.59 Å². The number of carbonyl (C=O) groups excluding carboxylic acids is 3. The molecule has 1 saturated heterocycles. The van der Waals surface area contributed by atoms with Crippen molar-refractivity contribution >= 4 is 17.9 Å². The fourth-order valence-corrected chi connectivity index (χ4v) is 8.60. The normalized spacial score (nSPS) is 25.8. The molecule has 1 aromatic rings. The van der Waals surface area contributed by atoms with E-state index in [1.165, 1.54) is 58.8 Å². The number of unbranched alkanes of at least 4 members (excludes halogenated alkanes) is 11. The maximum atomic E-state index is 13.2. The molecule has 2 aliphatic carbocycles. The maximum absolute atomic E-state index is 13.2. The van der Waals surface area contributed by atoms with Crippen LogP contribution in [0, 0.1) is 0 Å². The molecule has 5 rings (SSSR count). The van der Waals surface area contributed by atoms with Crippen molar-refractivity contribution < 1.29 is 43.5 Å². The van der Waals surface area contributed by atoms with E-state index in [-0.39, 0.29) is 30.4 Å². The lowest BCUT2D eigenvalue weighted by molar-refractivity contribution is -0.180. The Hall–Kier alpha value is -3.37. The molecule has 0 unspecified atom stereocenters. The Bertz CT molecular complexity index is 1450. The van der Waals surface area contributed by atoms with Gasteiger partial charge in [0.05, 0.1) is 11.0 Å². The van der Waals surface area contributed by atoms with Gasteiger partial charge in [0.15, 0.2) is 29.8 Å². The van der Waals surface area contributed by atoms with Crippen LogP contribution < -0.4 is 4.74 Å². The fraction of sp³-hybridized carbons (Fsp3) is 0.683. The Labute approximate surface area is 303 Å². The number of nitrogens with zero attached hydrogens (tertiary/aromatic N) is 1. The largest absolute Gasteiger partial charge is 0.504 e. The fourth-order valence-electron chi connectivity index (χ4n) is 8.60. The van der Waals surface area contributed by atoms with Crippen molar-refractivity contribution in [3.8, 4) is 11.5 Å². The van der Waals surface area contributed by atoms with E-state index < -0.39 is 47.2 Å². The number of aliphatic hydroxyl groups is 1. The summed E-state index contributed by atoms with van der Waals surface area (Å²) in [6, 6.07) is 3.31. The Kier molecular flexibility index (Phi) is 13.3. The van der Waals surface area contributed by atoms with Crippen LogP contribution in [-0.4, -0.2) is 76.6 Å². The zero-order valence-electron chi connectivity index (χ0n) is 31.1. The van der Waals surface area contributed by atoms with Gasteiger partial charge in [-0.3, -0.25) is 4.79 Å². The molecule has 1 aromatic carbocycles. The zero-order chi connectivity index (χ0) is 36.6. The van der Waals surface area contributed by atoms with Gasteiger partial charge in [-0.05, 0) is 90.1 Å². The van der Waals surface area contributed by atoms with Crippen molar-refractivity contribution in [1.82, 2.24) is 4.90 Å². The number of esters is 3. The SMILES string of the molecule is CCCCCCCC/C=C\CCCCCCCC(=O)O[C@@H](C)C(=O)O[C@@H](C)C(=O)OC1=CC[C@@]2(O)[C@@H]3Cc4ccc(O)c5c4[C@@]2(CCN3C)[C@H]1O5. The highest BCUT2D eigenvalue weighted by atomic mass is 16.6. The Morgan fingerprint density at radius 1 is 0.941 bits per heavy atom. The van der Waals surface area contributed by atoms with Gasteiger partial charge in [0, 0.05) is 24.4 Å². The predicted octanol–water partition coefficient (Wildman–Crippen LogP) is 7.11. The van der Waals surface area contributed by atoms with Crippen molar-refractivity contribution in [3.63, 3.8) is 0 Å².